The van der Waals surface area contributed by atoms with Crippen LogP contribution in [0.4, 0.5) is 17.3 Å². The number of fused-ring (bicyclic) bond motifs is 1. The molecular weight excluding hydrogens is 474 g/mol. The molecule has 2 atom stereocenters. The molecule has 3 aromatic heterocycles. The molecule has 4 aromatic rings. The highest BCUT2D eigenvalue weighted by Crippen LogP contribution is 2.39. The van der Waals surface area contributed by atoms with Crippen molar-refractivity contribution in [3.8, 4) is 11.4 Å². The van der Waals surface area contributed by atoms with E-state index in [-0.39, 0.29) is 17.7 Å². The molecule has 188 valence electrons. The molecule has 5 rings (SSSR count). The van der Waals surface area contributed by atoms with Crippen molar-refractivity contribution in [2.75, 3.05) is 28.8 Å². The summed E-state index contributed by atoms with van der Waals surface area (Å²) in [4.78, 5) is 16.0. The summed E-state index contributed by atoms with van der Waals surface area (Å²) in [7, 11) is -3.00. The minimum atomic E-state index is -3.00. The predicted octanol–water partition coefficient (Wildman–Crippen LogP) is 4.46. The van der Waals surface area contributed by atoms with Crippen molar-refractivity contribution in [3.05, 3.63) is 54.1 Å². The van der Waals surface area contributed by atoms with Crippen LogP contribution in [-0.4, -0.2) is 58.2 Å². The van der Waals surface area contributed by atoms with Gasteiger partial charge in [0.15, 0.2) is 5.82 Å². The number of aromatic amines is 1. The fraction of sp³-hybridized carbons (Fsp3) is 0.385. The van der Waals surface area contributed by atoms with Crippen LogP contribution in [0.2, 0.25) is 0 Å². The summed E-state index contributed by atoms with van der Waals surface area (Å²) < 4.78 is 23.6. The molecule has 1 aliphatic heterocycles. The first-order valence-electron chi connectivity index (χ1n) is 12.1. The van der Waals surface area contributed by atoms with Crippen LogP contribution in [0.15, 0.2) is 42.9 Å². The zero-order valence-electron chi connectivity index (χ0n) is 21.1. The van der Waals surface area contributed by atoms with Gasteiger partial charge >= 0.3 is 0 Å². The van der Waals surface area contributed by atoms with E-state index in [0.717, 1.165) is 34.3 Å². The number of nitrogens with zero attached hydrogens (tertiary/aromatic N) is 5. The fourth-order valence-corrected chi connectivity index (χ4v) is 6.08. The Morgan fingerprint density at radius 3 is 2.61 bits per heavy atom. The van der Waals surface area contributed by atoms with Crippen molar-refractivity contribution in [2.24, 2.45) is 5.92 Å². The van der Waals surface area contributed by atoms with Crippen molar-refractivity contribution >= 4 is 37.9 Å². The molecule has 0 amide bonds. The first-order chi connectivity index (χ1) is 17.1. The number of H-pyrrole nitrogens is 1. The summed E-state index contributed by atoms with van der Waals surface area (Å²) in [6, 6.07) is 8.35. The van der Waals surface area contributed by atoms with E-state index in [1.54, 1.807) is 12.4 Å². The summed E-state index contributed by atoms with van der Waals surface area (Å²) in [5, 5.41) is 12.5. The smallest absolute Gasteiger partial charge is 0.164 e. The minimum absolute atomic E-state index is 0.138. The van der Waals surface area contributed by atoms with Gasteiger partial charge in [-0.2, -0.15) is 5.10 Å². The number of aryl methyl sites for hydroxylation is 1. The van der Waals surface area contributed by atoms with E-state index in [4.69, 9.17) is 4.98 Å². The average molecular weight is 506 g/mol. The lowest BCUT2D eigenvalue weighted by Crippen LogP contribution is -2.57. The van der Waals surface area contributed by atoms with E-state index in [9.17, 15) is 8.42 Å². The number of nitrogens with one attached hydrogen (secondary N) is 2. The normalized spacial score (nSPS) is 18.0. The van der Waals surface area contributed by atoms with Crippen molar-refractivity contribution in [1.82, 2.24) is 25.1 Å². The molecular formula is C26H31N7O2S. The zero-order valence-corrected chi connectivity index (χ0v) is 22.0. The third-order valence-corrected chi connectivity index (χ3v) is 7.98. The van der Waals surface area contributed by atoms with Crippen LogP contribution < -0.4 is 10.2 Å². The van der Waals surface area contributed by atoms with E-state index in [0.29, 0.717) is 23.4 Å². The topological polar surface area (TPSA) is 117 Å². The molecule has 1 saturated heterocycles. The van der Waals surface area contributed by atoms with Gasteiger partial charge in [0.2, 0.25) is 0 Å². The molecule has 0 bridgehead atoms. The SMILES string of the molecule is Cc1[nH]ncc1-c1nccc(Nc2cc3c(C(C)C)ccc(N4C[C@H](CS(C)(=O)=O)[C@H]4C)c3cn2)n1. The van der Waals surface area contributed by atoms with Gasteiger partial charge in [-0.25, -0.2) is 23.4 Å². The van der Waals surface area contributed by atoms with Gasteiger partial charge in [0.1, 0.15) is 21.5 Å². The van der Waals surface area contributed by atoms with Gasteiger partial charge in [-0.15, -0.1) is 0 Å². The molecule has 0 saturated carbocycles. The van der Waals surface area contributed by atoms with Crippen molar-refractivity contribution in [1.29, 1.82) is 0 Å². The van der Waals surface area contributed by atoms with Gasteiger partial charge in [0.05, 0.1) is 17.5 Å². The highest BCUT2D eigenvalue weighted by Gasteiger charge is 2.38. The predicted molar refractivity (Wildman–Crippen MR) is 143 cm³/mol. The molecule has 36 heavy (non-hydrogen) atoms. The van der Waals surface area contributed by atoms with Gasteiger partial charge in [0, 0.05) is 53.9 Å². The van der Waals surface area contributed by atoms with Gasteiger partial charge in [0.25, 0.3) is 0 Å². The second-order valence-corrected chi connectivity index (χ2v) is 12.2. The van der Waals surface area contributed by atoms with Crippen LogP contribution in [0.1, 0.15) is 37.9 Å². The fourth-order valence-electron chi connectivity index (χ4n) is 4.92. The number of anilines is 3. The highest BCUT2D eigenvalue weighted by molar-refractivity contribution is 7.90. The maximum absolute atomic E-state index is 11.8. The standard InChI is InChI=1S/C26H31N7O2S/c1-15(2)19-6-7-23(33-13-18(17(33)4)14-36(5,34)35)22-11-28-25(10-20(19)22)30-24-8-9-27-26(31-24)21-12-29-32-16(21)3/h6-12,15,17-18H,13-14H2,1-5H3,(H,29,32)(H,27,28,30,31)/t17-,18-/m1/s1. The van der Waals surface area contributed by atoms with E-state index < -0.39 is 9.84 Å². The molecule has 1 aliphatic rings. The molecule has 0 aliphatic carbocycles. The number of benzene rings is 1. The number of hydrogen-bond acceptors (Lipinski definition) is 8. The van der Waals surface area contributed by atoms with Gasteiger partial charge in [-0.3, -0.25) is 5.10 Å². The lowest BCUT2D eigenvalue weighted by Gasteiger charge is -2.48. The summed E-state index contributed by atoms with van der Waals surface area (Å²) in [6.45, 7) is 9.12. The van der Waals surface area contributed by atoms with Crippen LogP contribution in [0.25, 0.3) is 22.2 Å². The van der Waals surface area contributed by atoms with Crippen LogP contribution >= 0.6 is 0 Å². The first-order valence-corrected chi connectivity index (χ1v) is 14.1. The molecule has 1 fully saturated rings. The summed E-state index contributed by atoms with van der Waals surface area (Å²) in [5.41, 5.74) is 4.08. The number of pyridine rings is 1. The Kier molecular flexibility index (Phi) is 6.15. The Hall–Kier alpha value is -3.53. The van der Waals surface area contributed by atoms with E-state index in [1.165, 1.54) is 11.8 Å². The lowest BCUT2D eigenvalue weighted by atomic mass is 9.88. The molecule has 2 N–H and O–H groups in total. The highest BCUT2D eigenvalue weighted by atomic mass is 32.2. The minimum Gasteiger partial charge on any atom is -0.368 e. The van der Waals surface area contributed by atoms with Crippen LogP contribution in [-0.2, 0) is 9.84 Å². The molecule has 1 aromatic carbocycles. The van der Waals surface area contributed by atoms with Crippen molar-refractivity contribution in [3.63, 3.8) is 0 Å². The van der Waals surface area contributed by atoms with Crippen LogP contribution in [0.3, 0.4) is 0 Å². The molecule has 0 unspecified atom stereocenters. The molecule has 9 nitrogen and oxygen atoms in total. The Labute approximate surface area is 211 Å². The van der Waals surface area contributed by atoms with Gasteiger partial charge < -0.3 is 10.2 Å². The summed E-state index contributed by atoms with van der Waals surface area (Å²) >= 11 is 0. The lowest BCUT2D eigenvalue weighted by molar-refractivity contribution is 0.342. The van der Waals surface area contributed by atoms with E-state index in [2.05, 4.69) is 69.4 Å². The Bertz CT molecular complexity index is 1530. The molecule has 0 spiro atoms. The maximum atomic E-state index is 11.8. The maximum Gasteiger partial charge on any atom is 0.164 e. The zero-order chi connectivity index (χ0) is 25.6. The number of rotatable bonds is 7. The number of hydrogen-bond donors (Lipinski definition) is 2. The first kappa shape index (κ1) is 24.2. The Balaban J connectivity index is 1.47. The Morgan fingerprint density at radius 2 is 1.94 bits per heavy atom. The molecule has 4 heterocycles. The van der Waals surface area contributed by atoms with E-state index >= 15 is 0 Å². The van der Waals surface area contributed by atoms with Crippen molar-refractivity contribution in [2.45, 2.75) is 39.7 Å². The van der Waals surface area contributed by atoms with Crippen LogP contribution in [0, 0.1) is 12.8 Å². The largest absolute Gasteiger partial charge is 0.368 e. The monoisotopic (exact) mass is 505 g/mol. The van der Waals surface area contributed by atoms with Gasteiger partial charge in [-0.05, 0) is 48.9 Å². The third-order valence-electron chi connectivity index (χ3n) is 6.95. The summed E-state index contributed by atoms with van der Waals surface area (Å²) in [6.07, 6.45) is 6.65. The second-order valence-electron chi connectivity index (χ2n) is 9.99. The Morgan fingerprint density at radius 1 is 1.14 bits per heavy atom. The van der Waals surface area contributed by atoms with E-state index in [1.807, 2.05) is 19.2 Å². The van der Waals surface area contributed by atoms with Gasteiger partial charge in [-0.1, -0.05) is 19.9 Å². The third kappa shape index (κ3) is 4.65. The molecule has 0 radical (unpaired) electrons. The molecule has 10 heteroatoms. The average Bonchev–Trinajstić information content (AvgIpc) is 3.26. The number of aromatic nitrogens is 5. The van der Waals surface area contributed by atoms with Crippen LogP contribution in [0.5, 0.6) is 0 Å². The van der Waals surface area contributed by atoms with Crippen molar-refractivity contribution < 1.29 is 8.42 Å². The quantitative estimate of drug-likeness (QED) is 0.378. The second kappa shape index (κ2) is 9.16. The summed E-state index contributed by atoms with van der Waals surface area (Å²) in [5.74, 6) is 2.63. The number of sulfone groups is 1.